The molecule has 2 heterocycles. The number of hydrogen-bond acceptors (Lipinski definition) is 1. The lowest BCUT2D eigenvalue weighted by atomic mass is 9.93. The number of rotatable bonds is 4. The Balaban J connectivity index is 1.58. The monoisotopic (exact) mass is 450 g/mol. The molecule has 166 valence electrons. The normalized spacial score (nSPS) is 15.2. The zero-order chi connectivity index (χ0) is 23.2. The molecule has 6 rings (SSSR count). The van der Waals surface area contributed by atoms with Gasteiger partial charge < -0.3 is 9.88 Å². The molecule has 0 fully saturated rings. The molecule has 1 atom stereocenters. The molecule has 1 aliphatic rings. The number of fused-ring (bicyclic) bond motifs is 2. The van der Waals surface area contributed by atoms with Crippen molar-refractivity contribution in [1.29, 1.82) is 0 Å². The van der Waals surface area contributed by atoms with Gasteiger partial charge in [0.2, 0.25) is 0 Å². The molecule has 3 nitrogen and oxygen atoms in total. The van der Waals surface area contributed by atoms with E-state index in [0.717, 1.165) is 38.9 Å². The molecule has 0 bridgehead atoms. The zero-order valence-corrected chi connectivity index (χ0v) is 18.1. The van der Waals surface area contributed by atoms with Crippen LogP contribution in [-0.2, 0) is 6.54 Å². The number of aromatic amines is 1. The van der Waals surface area contributed by atoms with E-state index in [1.165, 1.54) is 24.3 Å². The molecule has 4 aromatic carbocycles. The highest BCUT2D eigenvalue weighted by atomic mass is 19.1. The van der Waals surface area contributed by atoms with Crippen LogP contribution in [0.15, 0.2) is 97.1 Å². The van der Waals surface area contributed by atoms with Crippen molar-refractivity contribution in [1.82, 2.24) is 9.88 Å². The summed E-state index contributed by atoms with van der Waals surface area (Å²) in [6.07, 6.45) is 0. The number of para-hydroxylation sites is 1. The van der Waals surface area contributed by atoms with Crippen LogP contribution < -0.4 is 0 Å². The summed E-state index contributed by atoms with van der Waals surface area (Å²) in [5.41, 5.74) is 6.01. The highest BCUT2D eigenvalue weighted by molar-refractivity contribution is 6.02. The van der Waals surface area contributed by atoms with Gasteiger partial charge in [0, 0.05) is 28.6 Å². The van der Waals surface area contributed by atoms with E-state index in [0.29, 0.717) is 12.1 Å². The summed E-state index contributed by atoms with van der Waals surface area (Å²) in [4.78, 5) is 18.9. The number of H-pyrrole nitrogens is 1. The first-order valence-electron chi connectivity index (χ1n) is 11.1. The van der Waals surface area contributed by atoms with Crippen molar-refractivity contribution in [3.05, 3.63) is 131 Å². The van der Waals surface area contributed by atoms with E-state index in [-0.39, 0.29) is 23.6 Å². The number of carbonyl (C=O) groups is 1. The highest BCUT2D eigenvalue weighted by Crippen LogP contribution is 2.46. The highest BCUT2D eigenvalue weighted by Gasteiger charge is 2.40. The van der Waals surface area contributed by atoms with Crippen molar-refractivity contribution in [2.75, 3.05) is 0 Å². The molecule has 1 amide bonds. The van der Waals surface area contributed by atoms with E-state index < -0.39 is 0 Å². The van der Waals surface area contributed by atoms with E-state index in [2.05, 4.69) is 4.98 Å². The third kappa shape index (κ3) is 3.28. The Morgan fingerprint density at radius 3 is 2.18 bits per heavy atom. The Morgan fingerprint density at radius 2 is 1.41 bits per heavy atom. The number of carbonyl (C=O) groups excluding carboxylic acids is 1. The maximum Gasteiger partial charge on any atom is 0.255 e. The van der Waals surface area contributed by atoms with E-state index in [9.17, 15) is 13.6 Å². The van der Waals surface area contributed by atoms with Gasteiger partial charge in [-0.25, -0.2) is 8.78 Å². The molecule has 34 heavy (non-hydrogen) atoms. The standard InChI is InChI=1S/C29H20F2N2O/c30-20-13-9-18(10-14-20)17-33-28(22-5-1-2-6-23(22)29(33)34)26-24-7-3-4-8-25(24)32-27(26)19-11-15-21(31)16-12-19/h1-16,28,32H,17H2/t28-/m0/s1. The lowest BCUT2D eigenvalue weighted by Gasteiger charge is -2.27. The third-order valence-electron chi connectivity index (χ3n) is 6.48. The van der Waals surface area contributed by atoms with Crippen LogP contribution in [0.2, 0.25) is 0 Å². The average Bonchev–Trinajstić information content (AvgIpc) is 3.36. The van der Waals surface area contributed by atoms with E-state index in [1.807, 2.05) is 53.4 Å². The molecule has 5 aromatic rings. The molecule has 0 unspecified atom stereocenters. The average molecular weight is 450 g/mol. The van der Waals surface area contributed by atoms with Gasteiger partial charge in [-0.2, -0.15) is 0 Å². The van der Waals surface area contributed by atoms with Crippen LogP contribution in [0.5, 0.6) is 0 Å². The van der Waals surface area contributed by atoms with Crippen LogP contribution in [0, 0.1) is 11.6 Å². The van der Waals surface area contributed by atoms with Gasteiger partial charge >= 0.3 is 0 Å². The molecule has 0 spiro atoms. The predicted molar refractivity (Wildman–Crippen MR) is 128 cm³/mol. The van der Waals surface area contributed by atoms with Crippen LogP contribution in [0.1, 0.15) is 33.1 Å². The predicted octanol–water partition coefficient (Wildman–Crippen LogP) is 6.86. The fraction of sp³-hybridized carbons (Fsp3) is 0.0690. The lowest BCUT2D eigenvalue weighted by Crippen LogP contribution is -2.28. The Bertz CT molecular complexity index is 1520. The largest absolute Gasteiger partial charge is 0.354 e. The SMILES string of the molecule is O=C1c2ccccc2[C@@H](c2c(-c3ccc(F)cc3)[nH]c3ccccc23)N1Cc1ccc(F)cc1. The van der Waals surface area contributed by atoms with Crippen LogP contribution in [0.3, 0.4) is 0 Å². The van der Waals surface area contributed by atoms with Crippen molar-refractivity contribution in [3.8, 4) is 11.3 Å². The number of nitrogens with zero attached hydrogens (tertiary/aromatic N) is 1. The summed E-state index contributed by atoms with van der Waals surface area (Å²) in [7, 11) is 0. The Hall–Kier alpha value is -4.25. The maximum atomic E-state index is 13.7. The number of amides is 1. The number of benzene rings is 4. The summed E-state index contributed by atoms with van der Waals surface area (Å²) in [5, 5.41) is 1.00. The van der Waals surface area contributed by atoms with E-state index in [4.69, 9.17) is 0 Å². The second-order valence-corrected chi connectivity index (χ2v) is 8.52. The zero-order valence-electron chi connectivity index (χ0n) is 18.1. The van der Waals surface area contributed by atoms with Crippen molar-refractivity contribution in [2.24, 2.45) is 0 Å². The minimum absolute atomic E-state index is 0.0692. The van der Waals surface area contributed by atoms with Gasteiger partial charge in [0.15, 0.2) is 0 Å². The molecular weight excluding hydrogens is 430 g/mol. The van der Waals surface area contributed by atoms with Gasteiger partial charge in [0.25, 0.3) is 5.91 Å². The molecule has 0 saturated carbocycles. The number of aromatic nitrogens is 1. The van der Waals surface area contributed by atoms with Gasteiger partial charge in [-0.05, 0) is 65.2 Å². The molecule has 0 radical (unpaired) electrons. The summed E-state index contributed by atoms with van der Waals surface area (Å²) in [6, 6.07) is 27.9. The van der Waals surface area contributed by atoms with Crippen LogP contribution in [0.25, 0.3) is 22.2 Å². The van der Waals surface area contributed by atoms with Gasteiger partial charge in [-0.1, -0.05) is 48.5 Å². The van der Waals surface area contributed by atoms with Crippen LogP contribution >= 0.6 is 0 Å². The second-order valence-electron chi connectivity index (χ2n) is 8.52. The van der Waals surface area contributed by atoms with Gasteiger partial charge in [-0.15, -0.1) is 0 Å². The van der Waals surface area contributed by atoms with Crippen molar-refractivity contribution < 1.29 is 13.6 Å². The summed E-state index contributed by atoms with van der Waals surface area (Å²) >= 11 is 0. The molecular formula is C29H20F2N2O. The molecule has 1 aromatic heterocycles. The van der Waals surface area contributed by atoms with Crippen molar-refractivity contribution >= 4 is 16.8 Å². The van der Waals surface area contributed by atoms with Gasteiger partial charge in [0.05, 0.1) is 11.7 Å². The first-order chi connectivity index (χ1) is 16.6. The summed E-state index contributed by atoms with van der Waals surface area (Å²) in [5.74, 6) is -0.687. The van der Waals surface area contributed by atoms with Gasteiger partial charge in [0.1, 0.15) is 11.6 Å². The fourth-order valence-electron chi connectivity index (χ4n) is 4.92. The Kier molecular flexibility index (Phi) is 4.77. The van der Waals surface area contributed by atoms with E-state index in [1.54, 1.807) is 24.3 Å². The lowest BCUT2D eigenvalue weighted by molar-refractivity contribution is 0.0737. The molecule has 5 heteroatoms. The van der Waals surface area contributed by atoms with Crippen LogP contribution in [0.4, 0.5) is 8.78 Å². The van der Waals surface area contributed by atoms with Crippen molar-refractivity contribution in [3.63, 3.8) is 0 Å². The topological polar surface area (TPSA) is 36.1 Å². The van der Waals surface area contributed by atoms with Crippen molar-refractivity contribution in [2.45, 2.75) is 12.6 Å². The summed E-state index contributed by atoms with van der Waals surface area (Å²) < 4.78 is 27.2. The number of hydrogen-bond donors (Lipinski definition) is 1. The molecule has 1 N–H and O–H groups in total. The first kappa shape index (κ1) is 20.4. The minimum atomic E-state index is -0.357. The first-order valence-corrected chi connectivity index (χ1v) is 11.1. The number of halogens is 2. The third-order valence-corrected chi connectivity index (χ3v) is 6.48. The maximum absolute atomic E-state index is 13.7. The quantitative estimate of drug-likeness (QED) is 0.319. The second kappa shape index (κ2) is 7.96. The molecule has 0 saturated heterocycles. The van der Waals surface area contributed by atoms with Crippen LogP contribution in [-0.4, -0.2) is 15.8 Å². The number of nitrogens with one attached hydrogen (secondary N) is 1. The molecule has 0 aliphatic carbocycles. The molecule has 1 aliphatic heterocycles. The van der Waals surface area contributed by atoms with E-state index >= 15 is 0 Å². The summed E-state index contributed by atoms with van der Waals surface area (Å²) in [6.45, 7) is 0.334. The van der Waals surface area contributed by atoms with Gasteiger partial charge in [-0.3, -0.25) is 4.79 Å². The Morgan fingerprint density at radius 1 is 0.765 bits per heavy atom. The minimum Gasteiger partial charge on any atom is -0.354 e. The smallest absolute Gasteiger partial charge is 0.255 e. The Labute approximate surface area is 195 Å². The fourth-order valence-corrected chi connectivity index (χ4v) is 4.92.